The van der Waals surface area contributed by atoms with Gasteiger partial charge in [0.05, 0.1) is 13.0 Å². The van der Waals surface area contributed by atoms with E-state index in [4.69, 9.17) is 0 Å². The number of nitrogens with zero attached hydrogens (tertiary/aromatic N) is 3. The number of rotatable bonds is 2. The third-order valence-electron chi connectivity index (χ3n) is 2.31. The SMILES string of the molecule is O=C1CCCCN1Cn1ccnc1. The molecule has 1 aromatic heterocycles. The number of carbonyl (C=O) groups excluding carboxylic acids is 1. The fraction of sp³-hybridized carbons (Fsp3) is 0.556. The molecular formula is C9H13N3O. The number of carbonyl (C=O) groups is 1. The van der Waals surface area contributed by atoms with Crippen LogP contribution in [0.25, 0.3) is 0 Å². The van der Waals surface area contributed by atoms with Crippen molar-refractivity contribution in [3.63, 3.8) is 0 Å². The van der Waals surface area contributed by atoms with Gasteiger partial charge in [-0.15, -0.1) is 0 Å². The number of hydrogen-bond acceptors (Lipinski definition) is 2. The van der Waals surface area contributed by atoms with E-state index in [1.165, 1.54) is 0 Å². The lowest BCUT2D eigenvalue weighted by atomic mass is 10.1. The molecule has 1 aromatic rings. The van der Waals surface area contributed by atoms with Crippen molar-refractivity contribution in [3.8, 4) is 0 Å². The number of imidazole rings is 1. The summed E-state index contributed by atoms with van der Waals surface area (Å²) >= 11 is 0. The average molecular weight is 179 g/mol. The van der Waals surface area contributed by atoms with E-state index in [1.807, 2.05) is 15.7 Å². The minimum absolute atomic E-state index is 0.264. The third kappa shape index (κ3) is 1.88. The van der Waals surface area contributed by atoms with Gasteiger partial charge in [-0.2, -0.15) is 0 Å². The highest BCUT2D eigenvalue weighted by Crippen LogP contribution is 2.10. The molecule has 0 bridgehead atoms. The zero-order chi connectivity index (χ0) is 9.10. The standard InChI is InChI=1S/C9H13N3O/c13-9-3-1-2-5-12(9)8-11-6-4-10-7-11/h4,6-7H,1-3,5,8H2. The first-order valence-corrected chi connectivity index (χ1v) is 4.60. The summed E-state index contributed by atoms with van der Waals surface area (Å²) in [4.78, 5) is 17.2. The van der Waals surface area contributed by atoms with Crippen LogP contribution >= 0.6 is 0 Å². The highest BCUT2D eigenvalue weighted by Gasteiger charge is 2.17. The normalized spacial score (nSPS) is 17.8. The Kier molecular flexibility index (Phi) is 2.29. The van der Waals surface area contributed by atoms with E-state index < -0.39 is 0 Å². The van der Waals surface area contributed by atoms with Crippen LogP contribution in [0.15, 0.2) is 18.7 Å². The molecule has 0 aliphatic carbocycles. The highest BCUT2D eigenvalue weighted by atomic mass is 16.2. The van der Waals surface area contributed by atoms with Crippen LogP contribution in [0.5, 0.6) is 0 Å². The zero-order valence-corrected chi connectivity index (χ0v) is 7.52. The fourth-order valence-corrected chi connectivity index (χ4v) is 1.58. The van der Waals surface area contributed by atoms with Gasteiger partial charge in [-0.3, -0.25) is 4.79 Å². The van der Waals surface area contributed by atoms with Gasteiger partial charge in [-0.25, -0.2) is 4.98 Å². The number of hydrogen-bond donors (Lipinski definition) is 0. The summed E-state index contributed by atoms with van der Waals surface area (Å²) in [7, 11) is 0. The molecule has 1 aliphatic rings. The molecule has 1 aliphatic heterocycles. The molecule has 0 N–H and O–H groups in total. The number of piperidine rings is 1. The van der Waals surface area contributed by atoms with Crippen molar-refractivity contribution in [2.45, 2.75) is 25.9 Å². The Labute approximate surface area is 77.2 Å². The molecule has 0 radical (unpaired) electrons. The Hall–Kier alpha value is -1.32. The third-order valence-corrected chi connectivity index (χ3v) is 2.31. The van der Waals surface area contributed by atoms with Crippen molar-refractivity contribution < 1.29 is 4.79 Å². The largest absolute Gasteiger partial charge is 0.325 e. The van der Waals surface area contributed by atoms with Crippen molar-refractivity contribution in [2.75, 3.05) is 6.54 Å². The summed E-state index contributed by atoms with van der Waals surface area (Å²) in [6.45, 7) is 1.54. The maximum atomic E-state index is 11.4. The maximum absolute atomic E-state index is 11.4. The minimum atomic E-state index is 0.264. The topological polar surface area (TPSA) is 38.1 Å². The molecule has 0 saturated carbocycles. The van der Waals surface area contributed by atoms with E-state index in [1.54, 1.807) is 12.5 Å². The van der Waals surface area contributed by atoms with Crippen LogP contribution in [-0.2, 0) is 11.5 Å². The van der Waals surface area contributed by atoms with Gasteiger partial charge in [0.15, 0.2) is 0 Å². The zero-order valence-electron chi connectivity index (χ0n) is 7.52. The summed E-state index contributed by atoms with van der Waals surface area (Å²) < 4.78 is 1.92. The predicted octanol–water partition coefficient (Wildman–Crippen LogP) is 0.853. The highest BCUT2D eigenvalue weighted by molar-refractivity contribution is 5.76. The second kappa shape index (κ2) is 3.60. The van der Waals surface area contributed by atoms with Crippen molar-refractivity contribution in [3.05, 3.63) is 18.7 Å². The van der Waals surface area contributed by atoms with Crippen LogP contribution in [0.4, 0.5) is 0 Å². The van der Waals surface area contributed by atoms with E-state index in [-0.39, 0.29) is 5.91 Å². The van der Waals surface area contributed by atoms with Gasteiger partial charge in [0, 0.05) is 25.4 Å². The molecule has 1 amide bonds. The molecule has 2 rings (SSSR count). The molecule has 0 spiro atoms. The first kappa shape index (κ1) is 8.29. The summed E-state index contributed by atoms with van der Waals surface area (Å²) in [5.41, 5.74) is 0. The van der Waals surface area contributed by atoms with E-state index in [0.29, 0.717) is 13.1 Å². The molecule has 1 saturated heterocycles. The van der Waals surface area contributed by atoms with Crippen molar-refractivity contribution >= 4 is 5.91 Å². The van der Waals surface area contributed by atoms with E-state index in [2.05, 4.69) is 4.98 Å². The summed E-state index contributed by atoms with van der Waals surface area (Å²) in [6, 6.07) is 0. The molecule has 0 unspecified atom stereocenters. The van der Waals surface area contributed by atoms with Gasteiger partial charge in [0.25, 0.3) is 0 Å². The molecule has 2 heterocycles. The maximum Gasteiger partial charge on any atom is 0.223 e. The summed E-state index contributed by atoms with van der Waals surface area (Å²) in [6.07, 6.45) is 8.21. The number of amides is 1. The van der Waals surface area contributed by atoms with Crippen LogP contribution in [0.3, 0.4) is 0 Å². The second-order valence-corrected chi connectivity index (χ2v) is 3.33. The van der Waals surface area contributed by atoms with Crippen LogP contribution in [0.2, 0.25) is 0 Å². The fourth-order valence-electron chi connectivity index (χ4n) is 1.58. The van der Waals surface area contributed by atoms with Crippen molar-refractivity contribution in [2.24, 2.45) is 0 Å². The lowest BCUT2D eigenvalue weighted by Gasteiger charge is -2.26. The van der Waals surface area contributed by atoms with Crippen LogP contribution in [-0.4, -0.2) is 26.9 Å². The Bertz CT molecular complexity index is 281. The average Bonchev–Trinajstić information content (AvgIpc) is 2.61. The molecule has 4 heteroatoms. The lowest BCUT2D eigenvalue weighted by molar-refractivity contribution is -0.135. The van der Waals surface area contributed by atoms with Crippen LogP contribution < -0.4 is 0 Å². The van der Waals surface area contributed by atoms with Gasteiger partial charge in [-0.05, 0) is 12.8 Å². The van der Waals surface area contributed by atoms with Crippen molar-refractivity contribution in [1.29, 1.82) is 0 Å². The van der Waals surface area contributed by atoms with E-state index in [0.717, 1.165) is 19.4 Å². The predicted molar refractivity (Wildman–Crippen MR) is 47.8 cm³/mol. The Morgan fingerprint density at radius 1 is 1.46 bits per heavy atom. The Morgan fingerprint density at radius 2 is 2.38 bits per heavy atom. The Morgan fingerprint density at radius 3 is 3.08 bits per heavy atom. The smallest absolute Gasteiger partial charge is 0.223 e. The minimum Gasteiger partial charge on any atom is -0.325 e. The van der Waals surface area contributed by atoms with E-state index >= 15 is 0 Å². The quantitative estimate of drug-likeness (QED) is 0.675. The monoisotopic (exact) mass is 179 g/mol. The van der Waals surface area contributed by atoms with Crippen LogP contribution in [0, 0.1) is 0 Å². The summed E-state index contributed by atoms with van der Waals surface area (Å²) in [5.74, 6) is 0.264. The molecule has 0 aromatic carbocycles. The van der Waals surface area contributed by atoms with Gasteiger partial charge in [0.1, 0.15) is 0 Å². The first-order chi connectivity index (χ1) is 6.36. The lowest BCUT2D eigenvalue weighted by Crippen LogP contribution is -2.36. The molecule has 13 heavy (non-hydrogen) atoms. The van der Waals surface area contributed by atoms with Gasteiger partial charge in [-0.1, -0.05) is 0 Å². The number of aromatic nitrogens is 2. The first-order valence-electron chi connectivity index (χ1n) is 4.60. The summed E-state index contributed by atoms with van der Waals surface area (Å²) in [5, 5.41) is 0. The van der Waals surface area contributed by atoms with E-state index in [9.17, 15) is 4.79 Å². The second-order valence-electron chi connectivity index (χ2n) is 3.33. The number of likely N-dealkylation sites (tertiary alicyclic amines) is 1. The molecule has 1 fully saturated rings. The van der Waals surface area contributed by atoms with Crippen LogP contribution in [0.1, 0.15) is 19.3 Å². The molecule has 70 valence electrons. The molecular weight excluding hydrogens is 166 g/mol. The molecule has 0 atom stereocenters. The van der Waals surface area contributed by atoms with Gasteiger partial charge in [0.2, 0.25) is 5.91 Å². The van der Waals surface area contributed by atoms with Crippen molar-refractivity contribution in [1.82, 2.24) is 14.5 Å². The van der Waals surface area contributed by atoms with Gasteiger partial charge >= 0.3 is 0 Å². The Balaban J connectivity index is 1.97. The molecule has 4 nitrogen and oxygen atoms in total. The van der Waals surface area contributed by atoms with Gasteiger partial charge < -0.3 is 9.47 Å².